The number of likely N-dealkylation sites (tertiary alicyclic amines) is 1. The van der Waals surface area contributed by atoms with E-state index in [1.54, 1.807) is 13.0 Å². The van der Waals surface area contributed by atoms with Crippen molar-refractivity contribution >= 4 is 29.5 Å². The van der Waals surface area contributed by atoms with Crippen LogP contribution in [-0.4, -0.2) is 102 Å². The van der Waals surface area contributed by atoms with Crippen LogP contribution >= 0.6 is 0 Å². The fourth-order valence-electron chi connectivity index (χ4n) is 7.46. The molecule has 2 bridgehead atoms. The van der Waals surface area contributed by atoms with Crippen molar-refractivity contribution in [1.29, 1.82) is 0 Å². The summed E-state index contributed by atoms with van der Waals surface area (Å²) in [6.07, 6.45) is 3.03. The number of benzene rings is 3. The van der Waals surface area contributed by atoms with Crippen molar-refractivity contribution in [2.75, 3.05) is 39.4 Å². The molecule has 12 nitrogen and oxygen atoms in total. The third-order valence-electron chi connectivity index (χ3n) is 10.5. The van der Waals surface area contributed by atoms with E-state index in [4.69, 9.17) is 4.74 Å². The number of nitrogens with one attached hydrogen (secondary N) is 3. The van der Waals surface area contributed by atoms with E-state index in [-0.39, 0.29) is 25.5 Å². The number of piperidine rings is 1. The predicted molar refractivity (Wildman–Crippen MR) is 194 cm³/mol. The second-order valence-corrected chi connectivity index (χ2v) is 14.2. The largest absolute Gasteiger partial charge is 0.484 e. The number of hydrogen-bond acceptors (Lipinski definition) is 7. The summed E-state index contributed by atoms with van der Waals surface area (Å²) in [7, 11) is 0. The molecule has 5 amide bonds. The van der Waals surface area contributed by atoms with Gasteiger partial charge in [-0.25, -0.2) is 0 Å². The molecule has 0 saturated carbocycles. The van der Waals surface area contributed by atoms with Crippen molar-refractivity contribution in [3.05, 3.63) is 90.0 Å². The molecule has 1 spiro atoms. The van der Waals surface area contributed by atoms with E-state index in [0.29, 0.717) is 57.5 Å². The number of nitrogens with zero attached hydrogens (tertiary/aromatic N) is 2. The van der Waals surface area contributed by atoms with Gasteiger partial charge in [0.2, 0.25) is 23.6 Å². The maximum Gasteiger partial charge on any atom is 0.258 e. The van der Waals surface area contributed by atoms with Gasteiger partial charge in [-0.1, -0.05) is 66.7 Å². The molecular weight excluding hydrogens is 662 g/mol. The van der Waals surface area contributed by atoms with E-state index >= 15 is 0 Å². The first-order valence-corrected chi connectivity index (χ1v) is 18.1. The molecule has 4 N–H and O–H groups in total. The van der Waals surface area contributed by atoms with Crippen LogP contribution in [0.15, 0.2) is 78.9 Å². The zero-order chi connectivity index (χ0) is 36.7. The molecule has 3 atom stereocenters. The van der Waals surface area contributed by atoms with Gasteiger partial charge in [0.15, 0.2) is 6.61 Å². The molecule has 52 heavy (non-hydrogen) atoms. The lowest BCUT2D eigenvalue weighted by atomic mass is 9.73. The molecule has 3 aromatic carbocycles. The minimum Gasteiger partial charge on any atom is -0.484 e. The third kappa shape index (κ3) is 8.79. The Hall–Kier alpha value is -5.23. The highest BCUT2D eigenvalue weighted by Crippen LogP contribution is 2.36. The van der Waals surface area contributed by atoms with Crippen molar-refractivity contribution < 1.29 is 33.8 Å². The van der Waals surface area contributed by atoms with Gasteiger partial charge < -0.3 is 35.6 Å². The van der Waals surface area contributed by atoms with Crippen LogP contribution in [0, 0.1) is 5.41 Å². The molecule has 6 rings (SSSR count). The summed E-state index contributed by atoms with van der Waals surface area (Å²) in [5.74, 6) is -1.42. The summed E-state index contributed by atoms with van der Waals surface area (Å²) in [4.78, 5) is 69.6. The van der Waals surface area contributed by atoms with E-state index in [1.807, 2.05) is 65.6 Å². The molecule has 3 aliphatic rings. The number of rotatable bonds is 4. The van der Waals surface area contributed by atoms with Crippen molar-refractivity contribution in [1.82, 2.24) is 25.8 Å². The van der Waals surface area contributed by atoms with Gasteiger partial charge in [-0.2, -0.15) is 0 Å². The van der Waals surface area contributed by atoms with Gasteiger partial charge in [-0.15, -0.1) is 0 Å². The van der Waals surface area contributed by atoms with Crippen LogP contribution in [0.25, 0.3) is 11.1 Å². The number of carbonyl (C=O) groups excluding carboxylic acids is 5. The number of amides is 5. The van der Waals surface area contributed by atoms with E-state index in [9.17, 15) is 29.1 Å². The molecule has 3 aromatic rings. The number of carbonyl (C=O) groups is 5. The minimum absolute atomic E-state index is 0.0351. The van der Waals surface area contributed by atoms with Crippen LogP contribution in [0.3, 0.4) is 0 Å². The summed E-state index contributed by atoms with van der Waals surface area (Å²) < 4.78 is 5.82. The van der Waals surface area contributed by atoms with Gasteiger partial charge >= 0.3 is 0 Å². The average molecular weight is 710 g/mol. The Morgan fingerprint density at radius 3 is 2.35 bits per heavy atom. The van der Waals surface area contributed by atoms with Crippen LogP contribution in [0.2, 0.25) is 0 Å². The third-order valence-corrected chi connectivity index (χ3v) is 10.5. The lowest BCUT2D eigenvalue weighted by Gasteiger charge is -2.42. The summed E-state index contributed by atoms with van der Waals surface area (Å²) >= 11 is 0. The Morgan fingerprint density at radius 2 is 1.62 bits per heavy atom. The van der Waals surface area contributed by atoms with Gasteiger partial charge in [0.1, 0.15) is 23.9 Å². The highest BCUT2D eigenvalue weighted by molar-refractivity contribution is 5.94. The Bertz CT molecular complexity index is 1760. The second-order valence-electron chi connectivity index (χ2n) is 14.2. The Labute approximate surface area is 303 Å². The number of aliphatic hydroxyl groups excluding tert-OH is 1. The SMILES string of the molecule is C[C@@H]1NC(=O)COc2cccc(c2)CC2(CCN(C(=O)Cc3ccc(-c4ccccc4)cc3)CC2)CNC(=O)[C@H](CO)NC(=O)[C@@H]2CCCN2C1=O. The molecule has 2 fully saturated rings. The topological polar surface area (TPSA) is 157 Å². The standard InChI is InChI=1S/C40H47N5O7/c1-27-39(51)45-18-6-11-34(45)38(50)43-33(24-46)37(49)41-26-40(23-29-7-5-10-32(21-29)52-25-35(47)42-27)16-19-44(20-17-40)36(48)22-28-12-14-31(15-13-28)30-8-3-2-4-9-30/h2-5,7-10,12-15,21,27,33-34,46H,6,11,16-20,22-26H2,1H3,(H,41,49)(H,42,47)(H,43,50)/t27-,33-,34-/m0/s1. The van der Waals surface area contributed by atoms with Crippen LogP contribution in [0.4, 0.5) is 0 Å². The normalized spacial score (nSPS) is 22.9. The highest BCUT2D eigenvalue weighted by atomic mass is 16.5. The summed E-state index contributed by atoms with van der Waals surface area (Å²) in [5, 5.41) is 18.5. The van der Waals surface area contributed by atoms with Gasteiger partial charge in [0.05, 0.1) is 13.0 Å². The first kappa shape index (κ1) is 36.6. The Kier molecular flexibility index (Phi) is 11.5. The van der Waals surface area contributed by atoms with Crippen molar-refractivity contribution in [2.24, 2.45) is 5.41 Å². The monoisotopic (exact) mass is 709 g/mol. The van der Waals surface area contributed by atoms with Crippen molar-refractivity contribution in [3.63, 3.8) is 0 Å². The van der Waals surface area contributed by atoms with Gasteiger partial charge in [-0.05, 0) is 78.8 Å². The zero-order valence-electron chi connectivity index (χ0n) is 29.5. The van der Waals surface area contributed by atoms with Crippen LogP contribution in [0.1, 0.15) is 43.7 Å². The smallest absolute Gasteiger partial charge is 0.258 e. The van der Waals surface area contributed by atoms with Gasteiger partial charge in [-0.3, -0.25) is 24.0 Å². The number of hydrogen-bond donors (Lipinski definition) is 4. The highest BCUT2D eigenvalue weighted by Gasteiger charge is 2.40. The number of fused-ring (bicyclic) bond motifs is 3. The average Bonchev–Trinajstić information content (AvgIpc) is 3.66. The maximum atomic E-state index is 13.5. The maximum absolute atomic E-state index is 13.5. The van der Waals surface area contributed by atoms with E-state index in [1.165, 1.54) is 4.90 Å². The first-order valence-electron chi connectivity index (χ1n) is 18.1. The van der Waals surface area contributed by atoms with E-state index in [2.05, 4.69) is 28.1 Å². The fourth-order valence-corrected chi connectivity index (χ4v) is 7.46. The molecule has 3 heterocycles. The molecule has 0 unspecified atom stereocenters. The van der Waals surface area contributed by atoms with Crippen LogP contribution < -0.4 is 20.7 Å². The Balaban J connectivity index is 1.17. The van der Waals surface area contributed by atoms with E-state index < -0.39 is 53.8 Å². The number of aliphatic hydroxyl groups is 1. The molecule has 3 aliphatic heterocycles. The lowest BCUT2D eigenvalue weighted by molar-refractivity contribution is -0.142. The molecule has 2 saturated heterocycles. The molecular formula is C40H47N5O7. The van der Waals surface area contributed by atoms with Crippen LogP contribution in [-0.2, 0) is 36.8 Å². The van der Waals surface area contributed by atoms with Crippen LogP contribution in [0.5, 0.6) is 5.75 Å². The Morgan fingerprint density at radius 1 is 0.885 bits per heavy atom. The molecule has 0 aromatic heterocycles. The minimum atomic E-state index is -1.21. The summed E-state index contributed by atoms with van der Waals surface area (Å²) in [6, 6.07) is 22.6. The zero-order valence-corrected chi connectivity index (χ0v) is 29.5. The summed E-state index contributed by atoms with van der Waals surface area (Å²) in [6.45, 7) is 2.22. The number of ether oxygens (including phenoxy) is 1. The van der Waals surface area contributed by atoms with Crippen molar-refractivity contribution in [3.8, 4) is 16.9 Å². The quantitative estimate of drug-likeness (QED) is 0.324. The summed E-state index contributed by atoms with van der Waals surface area (Å²) in [5.41, 5.74) is 3.62. The fraction of sp³-hybridized carbons (Fsp3) is 0.425. The molecule has 12 heteroatoms. The molecule has 0 aliphatic carbocycles. The first-order chi connectivity index (χ1) is 25.1. The second kappa shape index (κ2) is 16.4. The predicted octanol–water partition coefficient (Wildman–Crippen LogP) is 2.23. The van der Waals surface area contributed by atoms with Crippen molar-refractivity contribution in [2.45, 2.75) is 63.6 Å². The lowest BCUT2D eigenvalue weighted by Crippen LogP contribution is -2.57. The molecule has 0 radical (unpaired) electrons. The van der Waals surface area contributed by atoms with Gasteiger partial charge in [0.25, 0.3) is 5.91 Å². The van der Waals surface area contributed by atoms with E-state index in [0.717, 1.165) is 22.3 Å². The van der Waals surface area contributed by atoms with Gasteiger partial charge in [0, 0.05) is 26.2 Å². The molecule has 274 valence electrons.